The second kappa shape index (κ2) is 8.91. The molecule has 0 aliphatic carbocycles. The van der Waals surface area contributed by atoms with Crippen LogP contribution in [0.1, 0.15) is 74.1 Å². The summed E-state index contributed by atoms with van der Waals surface area (Å²) in [6.45, 7) is 15.8. The quantitative estimate of drug-likeness (QED) is 0.308. The number of hydrogen-bond donors (Lipinski definition) is 0. The van der Waals surface area contributed by atoms with Crippen molar-refractivity contribution < 1.29 is 9.22 Å². The van der Waals surface area contributed by atoms with Crippen molar-refractivity contribution in [1.29, 1.82) is 0 Å². The number of rotatable bonds is 10. The zero-order valence-corrected chi connectivity index (χ0v) is 15.0. The van der Waals surface area contributed by atoms with Gasteiger partial charge in [0.15, 0.2) is 0 Å². The predicted molar refractivity (Wildman–Crippen MR) is 86.1 cm³/mol. The van der Waals surface area contributed by atoms with Gasteiger partial charge in [0, 0.05) is 0 Å². The van der Waals surface area contributed by atoms with Crippen LogP contribution in [0.2, 0.25) is 16.6 Å². The van der Waals surface area contributed by atoms with Crippen LogP contribution in [-0.4, -0.2) is 20.7 Å². The Bertz CT molecular complexity index is 227. The van der Waals surface area contributed by atoms with E-state index < -0.39 is 8.32 Å². The van der Waals surface area contributed by atoms with Gasteiger partial charge < -0.3 is 9.22 Å². The van der Waals surface area contributed by atoms with Gasteiger partial charge in [0.1, 0.15) is 12.4 Å². The molecule has 0 aliphatic heterocycles. The summed E-state index contributed by atoms with van der Waals surface area (Å²) in [6, 6.07) is 0. The van der Waals surface area contributed by atoms with Crippen LogP contribution in [-0.2, 0) is 9.22 Å². The van der Waals surface area contributed by atoms with Crippen molar-refractivity contribution in [3.05, 3.63) is 0 Å². The Labute approximate surface area is 121 Å². The monoisotopic (exact) mass is 286 g/mol. The van der Waals surface area contributed by atoms with E-state index in [4.69, 9.17) is 4.43 Å². The van der Waals surface area contributed by atoms with E-state index in [0.29, 0.717) is 16.6 Å². The number of carbonyl (C=O) groups is 1. The van der Waals surface area contributed by atoms with Crippen molar-refractivity contribution in [2.24, 2.45) is 0 Å². The highest BCUT2D eigenvalue weighted by atomic mass is 28.4. The Morgan fingerprint density at radius 1 is 0.947 bits per heavy atom. The van der Waals surface area contributed by atoms with Crippen LogP contribution in [0.15, 0.2) is 0 Å². The summed E-state index contributed by atoms with van der Waals surface area (Å²) in [5, 5.41) is 0. The maximum atomic E-state index is 11.3. The molecule has 0 amide bonds. The number of carbonyl (C=O) groups excluding carboxylic acids is 1. The van der Waals surface area contributed by atoms with Gasteiger partial charge in [-0.1, -0.05) is 67.7 Å². The lowest BCUT2D eigenvalue weighted by molar-refractivity contribution is -0.114. The summed E-state index contributed by atoms with van der Waals surface area (Å²) in [5.41, 5.74) is 1.63. The van der Waals surface area contributed by atoms with Crippen LogP contribution >= 0.6 is 0 Å². The predicted octanol–water partition coefficient (Wildman–Crippen LogP) is 5.33. The Hall–Kier alpha value is -0.153. The lowest BCUT2D eigenvalue weighted by atomic mass is 10.1. The van der Waals surface area contributed by atoms with Crippen LogP contribution in [0, 0.1) is 0 Å². The maximum Gasteiger partial charge on any atom is 0.201 e. The highest BCUT2D eigenvalue weighted by Crippen LogP contribution is 2.43. The summed E-state index contributed by atoms with van der Waals surface area (Å²) in [6.07, 6.45) is 5.20. The van der Waals surface area contributed by atoms with Crippen LogP contribution in [0.5, 0.6) is 0 Å². The third kappa shape index (κ3) is 5.03. The van der Waals surface area contributed by atoms with Gasteiger partial charge in [0.05, 0.1) is 0 Å². The van der Waals surface area contributed by atoms with Gasteiger partial charge in [-0.2, -0.15) is 0 Å². The van der Waals surface area contributed by atoms with Gasteiger partial charge in [-0.3, -0.25) is 0 Å². The molecule has 2 nitrogen and oxygen atoms in total. The van der Waals surface area contributed by atoms with Crippen LogP contribution in [0.3, 0.4) is 0 Å². The molecule has 0 aromatic rings. The average molecular weight is 287 g/mol. The first kappa shape index (κ1) is 18.8. The van der Waals surface area contributed by atoms with E-state index in [9.17, 15) is 4.79 Å². The average Bonchev–Trinajstić information content (AvgIpc) is 2.32. The summed E-state index contributed by atoms with van der Waals surface area (Å²) < 4.78 is 6.49. The van der Waals surface area contributed by atoms with Crippen molar-refractivity contribution >= 4 is 14.6 Å². The topological polar surface area (TPSA) is 26.3 Å². The first-order valence-electron chi connectivity index (χ1n) is 7.95. The molecule has 0 spiro atoms. The Morgan fingerprint density at radius 2 is 1.42 bits per heavy atom. The van der Waals surface area contributed by atoms with Crippen molar-refractivity contribution in [2.45, 2.75) is 96.9 Å². The largest absolute Gasteiger partial charge is 0.406 e. The molecule has 0 unspecified atom stereocenters. The van der Waals surface area contributed by atoms with Crippen LogP contribution in [0.25, 0.3) is 0 Å². The van der Waals surface area contributed by atoms with Gasteiger partial charge >= 0.3 is 0 Å². The lowest BCUT2D eigenvalue weighted by Gasteiger charge is -2.43. The van der Waals surface area contributed by atoms with E-state index >= 15 is 0 Å². The standard InChI is InChI=1S/C16H34O2Si/c1-8-9-10-11-16(12-17)18-19(13(2)3,14(4)5)15(6)7/h12-16H,8-11H2,1-7H3/t16-/m0/s1. The zero-order valence-electron chi connectivity index (χ0n) is 14.0. The summed E-state index contributed by atoms with van der Waals surface area (Å²) in [5.74, 6) is 0. The molecule has 0 bridgehead atoms. The molecule has 1 atom stereocenters. The minimum atomic E-state index is -1.90. The van der Waals surface area contributed by atoms with Gasteiger partial charge in [-0.15, -0.1) is 0 Å². The zero-order chi connectivity index (χ0) is 15.1. The normalized spacial score (nSPS) is 14.4. The van der Waals surface area contributed by atoms with Crippen molar-refractivity contribution in [3.8, 4) is 0 Å². The lowest BCUT2D eigenvalue weighted by Crippen LogP contribution is -2.50. The van der Waals surface area contributed by atoms with Crippen molar-refractivity contribution in [2.75, 3.05) is 0 Å². The van der Waals surface area contributed by atoms with Crippen molar-refractivity contribution in [3.63, 3.8) is 0 Å². The molecule has 0 fully saturated rings. The third-order valence-electron chi connectivity index (χ3n) is 4.31. The first-order chi connectivity index (χ1) is 8.82. The molecule has 19 heavy (non-hydrogen) atoms. The molecule has 0 aromatic carbocycles. The highest BCUT2D eigenvalue weighted by Gasteiger charge is 2.46. The molecule has 0 radical (unpaired) electrons. The molecular formula is C16H34O2Si. The number of hydrogen-bond acceptors (Lipinski definition) is 2. The van der Waals surface area contributed by atoms with E-state index in [1.54, 1.807) is 0 Å². The molecule has 114 valence electrons. The summed E-state index contributed by atoms with van der Waals surface area (Å²) in [7, 11) is -1.90. The molecular weight excluding hydrogens is 252 g/mol. The van der Waals surface area contributed by atoms with E-state index in [1.807, 2.05) is 0 Å². The first-order valence-corrected chi connectivity index (χ1v) is 10.1. The van der Waals surface area contributed by atoms with Gasteiger partial charge in [0.25, 0.3) is 0 Å². The fourth-order valence-electron chi connectivity index (χ4n) is 3.42. The summed E-state index contributed by atoms with van der Waals surface area (Å²) in [4.78, 5) is 11.3. The molecule has 0 aliphatic rings. The minimum Gasteiger partial charge on any atom is -0.406 e. The molecule has 0 saturated carbocycles. The minimum absolute atomic E-state index is 0.189. The Balaban J connectivity index is 4.91. The van der Waals surface area contributed by atoms with E-state index in [0.717, 1.165) is 19.1 Å². The Kier molecular flexibility index (Phi) is 8.84. The van der Waals surface area contributed by atoms with E-state index in [1.165, 1.54) is 12.8 Å². The van der Waals surface area contributed by atoms with Gasteiger partial charge in [-0.05, 0) is 23.0 Å². The maximum absolute atomic E-state index is 11.3. The fourth-order valence-corrected chi connectivity index (χ4v) is 8.93. The second-order valence-corrected chi connectivity index (χ2v) is 12.0. The molecule has 3 heteroatoms. The molecule has 0 saturated heterocycles. The molecule has 0 N–H and O–H groups in total. The Morgan fingerprint density at radius 3 is 1.74 bits per heavy atom. The molecule has 0 heterocycles. The highest BCUT2D eigenvalue weighted by molar-refractivity contribution is 6.77. The van der Waals surface area contributed by atoms with Crippen LogP contribution < -0.4 is 0 Å². The SMILES string of the molecule is CCCCC[C@@H](C=O)O[Si](C(C)C)(C(C)C)C(C)C. The van der Waals surface area contributed by atoms with Gasteiger partial charge in [-0.25, -0.2) is 0 Å². The van der Waals surface area contributed by atoms with Crippen molar-refractivity contribution in [1.82, 2.24) is 0 Å². The van der Waals surface area contributed by atoms with Crippen LogP contribution in [0.4, 0.5) is 0 Å². The van der Waals surface area contributed by atoms with E-state index in [2.05, 4.69) is 48.5 Å². The number of unbranched alkanes of at least 4 members (excludes halogenated alkanes) is 2. The van der Waals surface area contributed by atoms with E-state index in [-0.39, 0.29) is 6.10 Å². The van der Waals surface area contributed by atoms with Gasteiger partial charge in [0.2, 0.25) is 8.32 Å². The molecule has 0 rings (SSSR count). The third-order valence-corrected chi connectivity index (χ3v) is 10.4. The number of aldehydes is 1. The second-order valence-electron chi connectivity index (χ2n) is 6.61. The summed E-state index contributed by atoms with van der Waals surface area (Å²) >= 11 is 0. The fraction of sp³-hybridized carbons (Fsp3) is 0.938. The molecule has 0 aromatic heterocycles. The smallest absolute Gasteiger partial charge is 0.201 e.